The van der Waals surface area contributed by atoms with Crippen molar-refractivity contribution in [3.8, 4) is 0 Å². The first kappa shape index (κ1) is 16.5. The van der Waals surface area contributed by atoms with Gasteiger partial charge in [0.1, 0.15) is 0 Å². The molecule has 0 aliphatic heterocycles. The number of aldehydes is 5. The van der Waals surface area contributed by atoms with Crippen molar-refractivity contribution in [1.29, 1.82) is 0 Å². The summed E-state index contributed by atoms with van der Waals surface area (Å²) < 4.78 is 0. The van der Waals surface area contributed by atoms with Crippen LogP contribution in [0.5, 0.6) is 0 Å². The molecular weight excluding hydrogens is 310 g/mol. The molecule has 0 fully saturated rings. The van der Waals surface area contributed by atoms with Gasteiger partial charge in [-0.2, -0.15) is 0 Å². The molecule has 0 spiro atoms. The quantitative estimate of drug-likeness (QED) is 0.498. The largest absolute Gasteiger partial charge is 0.298 e. The predicted octanol–water partition coefficient (Wildman–Crippen LogP) is 1.04. The van der Waals surface area contributed by atoms with E-state index in [4.69, 9.17) is 0 Å². The summed E-state index contributed by atoms with van der Waals surface area (Å²) in [5.41, 5.74) is -1.13. The molecule has 7 heteroatoms. The molecule has 0 aromatic heterocycles. The van der Waals surface area contributed by atoms with Gasteiger partial charge in [0, 0.05) is 52.2 Å². The maximum absolute atomic E-state index is 10.8. The van der Waals surface area contributed by atoms with E-state index in [0.29, 0.717) is 12.6 Å². The van der Waals surface area contributed by atoms with Crippen LogP contribution < -0.4 is 0 Å². The molecule has 0 saturated carbocycles. The Morgan fingerprint density at radius 1 is 0.556 bits per heavy atom. The Morgan fingerprint density at radius 2 is 0.778 bits per heavy atom. The molecule has 0 aliphatic rings. The standard InChI is InChI=1S/C11H6O5S.Zn/c12-1-6-7(2-13)9(4-15)11(17)10(5-16)8(6)3-14;/h1-5,17H;. The van der Waals surface area contributed by atoms with E-state index in [1.807, 2.05) is 0 Å². The summed E-state index contributed by atoms with van der Waals surface area (Å²) in [6.45, 7) is 0. The van der Waals surface area contributed by atoms with Crippen LogP contribution in [0.3, 0.4) is 0 Å². The second-order valence-electron chi connectivity index (χ2n) is 3.01. The SMILES string of the molecule is O=Cc1c(S)c(C=O)c(C=O)c(C=O)c1C=O.[Zn]. The third-order valence-electron chi connectivity index (χ3n) is 2.26. The summed E-state index contributed by atoms with van der Waals surface area (Å²) in [6, 6.07) is 0. The van der Waals surface area contributed by atoms with E-state index in [1.165, 1.54) is 0 Å². The van der Waals surface area contributed by atoms with E-state index in [0.717, 1.165) is 0 Å². The van der Waals surface area contributed by atoms with Crippen LogP contribution in [-0.4, -0.2) is 31.4 Å². The molecule has 88 valence electrons. The second-order valence-corrected chi connectivity index (χ2v) is 3.45. The topological polar surface area (TPSA) is 85.3 Å². The zero-order valence-corrected chi connectivity index (χ0v) is 12.9. The molecule has 5 nitrogen and oxygen atoms in total. The molecule has 18 heavy (non-hydrogen) atoms. The first-order valence-electron chi connectivity index (χ1n) is 4.35. The molecule has 0 radical (unpaired) electrons. The van der Waals surface area contributed by atoms with E-state index < -0.39 is 0 Å². The molecule has 0 amide bonds. The zero-order chi connectivity index (χ0) is 13.0. The predicted molar refractivity (Wildman–Crippen MR) is 60.6 cm³/mol. The Balaban J connectivity index is 0.00000289. The van der Waals surface area contributed by atoms with Crippen LogP contribution in [-0.2, 0) is 19.5 Å². The number of rotatable bonds is 5. The van der Waals surface area contributed by atoms with Gasteiger partial charge in [-0.05, 0) is 0 Å². The second kappa shape index (κ2) is 7.08. The van der Waals surface area contributed by atoms with Crippen molar-refractivity contribution >= 4 is 44.1 Å². The van der Waals surface area contributed by atoms with Gasteiger partial charge in [0.2, 0.25) is 0 Å². The molecule has 1 aromatic rings. The Hall–Kier alpha value is -1.46. The molecule has 0 saturated heterocycles. The van der Waals surface area contributed by atoms with Crippen LogP contribution in [0.4, 0.5) is 0 Å². The van der Waals surface area contributed by atoms with Crippen molar-refractivity contribution in [2.45, 2.75) is 4.90 Å². The van der Waals surface area contributed by atoms with Crippen LogP contribution in [0, 0.1) is 0 Å². The monoisotopic (exact) mass is 314 g/mol. The summed E-state index contributed by atoms with van der Waals surface area (Å²) in [6.07, 6.45) is 1.41. The number of hydrogen-bond acceptors (Lipinski definition) is 6. The Kier molecular flexibility index (Phi) is 6.51. The van der Waals surface area contributed by atoms with Gasteiger partial charge in [-0.15, -0.1) is 12.6 Å². The summed E-state index contributed by atoms with van der Waals surface area (Å²) >= 11 is 3.91. The van der Waals surface area contributed by atoms with Crippen LogP contribution in [0.15, 0.2) is 4.90 Å². The molecule has 1 aromatic carbocycles. The first-order valence-corrected chi connectivity index (χ1v) is 4.79. The number of benzene rings is 1. The fourth-order valence-corrected chi connectivity index (χ4v) is 1.80. The van der Waals surface area contributed by atoms with Gasteiger partial charge < -0.3 is 0 Å². The van der Waals surface area contributed by atoms with Crippen LogP contribution >= 0.6 is 12.6 Å². The smallest absolute Gasteiger partial charge is 0.151 e. The molecule has 0 bridgehead atoms. The molecule has 0 heterocycles. The fourth-order valence-electron chi connectivity index (χ4n) is 1.45. The normalized spacial score (nSPS) is 8.94. The molecule has 0 aliphatic carbocycles. The van der Waals surface area contributed by atoms with Gasteiger partial charge in [0.05, 0.1) is 0 Å². The van der Waals surface area contributed by atoms with E-state index >= 15 is 0 Å². The minimum atomic E-state index is -0.281. The summed E-state index contributed by atoms with van der Waals surface area (Å²) in [4.78, 5) is 54.0. The minimum Gasteiger partial charge on any atom is -0.298 e. The van der Waals surface area contributed by atoms with Crippen LogP contribution in [0.1, 0.15) is 51.8 Å². The minimum absolute atomic E-state index is 0. The van der Waals surface area contributed by atoms with Crippen molar-refractivity contribution < 1.29 is 43.5 Å². The average molecular weight is 316 g/mol. The van der Waals surface area contributed by atoms with Gasteiger partial charge in [-0.1, -0.05) is 0 Å². The number of carbonyl (C=O) groups excluding carboxylic acids is 5. The average Bonchev–Trinajstić information content (AvgIpc) is 2.36. The first-order chi connectivity index (χ1) is 8.15. The van der Waals surface area contributed by atoms with E-state index in [-0.39, 0.29) is 71.0 Å². The zero-order valence-electron chi connectivity index (χ0n) is 9.08. The van der Waals surface area contributed by atoms with E-state index in [1.54, 1.807) is 0 Å². The number of hydrogen-bond donors (Lipinski definition) is 1. The molecular formula is C11H6O5SZn. The summed E-state index contributed by atoms with van der Waals surface area (Å²) in [7, 11) is 0. The molecule has 0 unspecified atom stereocenters. The van der Waals surface area contributed by atoms with Crippen LogP contribution in [0.2, 0.25) is 0 Å². The number of carbonyl (C=O) groups is 5. The fraction of sp³-hybridized carbons (Fsp3) is 0. The third kappa shape index (κ3) is 2.52. The molecule has 0 N–H and O–H groups in total. The van der Waals surface area contributed by atoms with Gasteiger partial charge >= 0.3 is 0 Å². The maximum Gasteiger partial charge on any atom is 0.151 e. The van der Waals surface area contributed by atoms with Crippen molar-refractivity contribution in [2.24, 2.45) is 0 Å². The van der Waals surface area contributed by atoms with Crippen molar-refractivity contribution in [1.82, 2.24) is 0 Å². The maximum atomic E-state index is 10.8. The Labute approximate surface area is 120 Å². The van der Waals surface area contributed by atoms with Crippen molar-refractivity contribution in [2.75, 3.05) is 0 Å². The summed E-state index contributed by atoms with van der Waals surface area (Å²) in [5, 5.41) is 0. The third-order valence-corrected chi connectivity index (χ3v) is 2.74. The van der Waals surface area contributed by atoms with Gasteiger partial charge in [0.15, 0.2) is 31.4 Å². The van der Waals surface area contributed by atoms with E-state index in [2.05, 4.69) is 12.6 Å². The van der Waals surface area contributed by atoms with Gasteiger partial charge in [-0.25, -0.2) is 0 Å². The van der Waals surface area contributed by atoms with Crippen LogP contribution in [0.25, 0.3) is 0 Å². The molecule has 1 rings (SSSR count). The Bertz CT molecular complexity index is 498. The molecule has 0 atom stereocenters. The summed E-state index contributed by atoms with van der Waals surface area (Å²) in [5.74, 6) is 0. The van der Waals surface area contributed by atoms with Gasteiger partial charge in [-0.3, -0.25) is 24.0 Å². The van der Waals surface area contributed by atoms with E-state index in [9.17, 15) is 24.0 Å². The van der Waals surface area contributed by atoms with Crippen molar-refractivity contribution in [3.05, 3.63) is 27.8 Å². The van der Waals surface area contributed by atoms with Gasteiger partial charge in [0.25, 0.3) is 0 Å². The van der Waals surface area contributed by atoms with Crippen molar-refractivity contribution in [3.63, 3.8) is 0 Å². The Morgan fingerprint density at radius 3 is 1.00 bits per heavy atom. The number of thiol groups is 1.